The van der Waals surface area contributed by atoms with Gasteiger partial charge in [-0.05, 0) is 16.6 Å². The van der Waals surface area contributed by atoms with E-state index in [1.807, 2.05) is 0 Å². The third kappa shape index (κ3) is 3.75. The van der Waals surface area contributed by atoms with Gasteiger partial charge in [-0.15, -0.1) is 0 Å². The summed E-state index contributed by atoms with van der Waals surface area (Å²) in [5, 5.41) is 0. The molecule has 0 spiro atoms. The van der Waals surface area contributed by atoms with Crippen molar-refractivity contribution in [2.45, 2.75) is 58.2 Å². The van der Waals surface area contributed by atoms with Crippen LogP contribution in [-0.4, -0.2) is 40.5 Å². The normalized spacial score (nSPS) is 33.7. The van der Waals surface area contributed by atoms with Crippen molar-refractivity contribution in [3.8, 4) is 0 Å². The molecule has 0 amide bonds. The fourth-order valence-corrected chi connectivity index (χ4v) is 16.4. The van der Waals surface area contributed by atoms with E-state index in [1.165, 1.54) is 0 Å². The van der Waals surface area contributed by atoms with E-state index in [2.05, 4.69) is 41.5 Å². The molecule has 1 rings (SSSR count). The van der Waals surface area contributed by atoms with E-state index in [1.54, 1.807) is 7.11 Å². The Balaban J connectivity index is 2.94. The Morgan fingerprint density at radius 3 is 1.67 bits per heavy atom. The zero-order valence-corrected chi connectivity index (χ0v) is 16.0. The lowest BCUT2D eigenvalue weighted by molar-refractivity contribution is 0.168. The van der Waals surface area contributed by atoms with Crippen molar-refractivity contribution in [3.05, 3.63) is 0 Å². The van der Waals surface area contributed by atoms with Crippen LogP contribution in [0, 0.1) is 0 Å². The lowest BCUT2D eigenvalue weighted by Crippen LogP contribution is -2.63. The van der Waals surface area contributed by atoms with E-state index in [4.69, 9.17) is 17.1 Å². The molecule has 1 aliphatic heterocycles. The Hall–Kier alpha value is 0.491. The van der Waals surface area contributed by atoms with E-state index >= 15 is 0 Å². The molecule has 0 aromatic carbocycles. The highest BCUT2D eigenvalue weighted by molar-refractivity contribution is 6.84. The molecule has 0 aromatic rings. The summed E-state index contributed by atoms with van der Waals surface area (Å²) in [5.74, 6) is 0. The smallest absolute Gasteiger partial charge is 0.349 e. The Morgan fingerprint density at radius 2 is 1.39 bits per heavy atom. The first-order chi connectivity index (χ1) is 8.32. The molecule has 0 bridgehead atoms. The third-order valence-corrected chi connectivity index (χ3v) is 15.0. The molecule has 1 heterocycles. The van der Waals surface area contributed by atoms with Crippen molar-refractivity contribution < 1.29 is 17.1 Å². The Kier molecular flexibility index (Phi) is 6.23. The van der Waals surface area contributed by atoms with Gasteiger partial charge >= 0.3 is 27.1 Å². The first-order valence-corrected chi connectivity index (χ1v) is 12.1. The maximum atomic E-state index is 6.36. The highest BCUT2D eigenvalue weighted by Crippen LogP contribution is 2.34. The molecule has 2 unspecified atom stereocenters. The zero-order valence-electron chi connectivity index (χ0n) is 12.7. The second-order valence-corrected chi connectivity index (χ2v) is 16.2. The van der Waals surface area contributed by atoms with Crippen LogP contribution in [0.4, 0.5) is 0 Å². The first kappa shape index (κ1) is 16.5. The largest absolute Gasteiger partial charge is 0.420 e. The van der Waals surface area contributed by atoms with Crippen LogP contribution in [0.25, 0.3) is 0 Å². The van der Waals surface area contributed by atoms with Crippen molar-refractivity contribution >= 4 is 27.1 Å². The van der Waals surface area contributed by atoms with Gasteiger partial charge in [-0.25, -0.2) is 0 Å². The number of hydrogen-bond donors (Lipinski definition) is 0. The quantitative estimate of drug-likeness (QED) is 0.731. The molecule has 108 valence electrons. The molecule has 0 N–H and O–H groups in total. The number of rotatable bonds is 5. The number of ether oxygens (including phenoxy) is 1. The maximum absolute atomic E-state index is 6.36. The van der Waals surface area contributed by atoms with Crippen LogP contribution in [-0.2, 0) is 17.1 Å². The van der Waals surface area contributed by atoms with Gasteiger partial charge in [-0.2, -0.15) is 0 Å². The fraction of sp³-hybridized carbons (Fsp3) is 1.00. The van der Waals surface area contributed by atoms with Crippen LogP contribution in [0.2, 0.25) is 16.6 Å². The summed E-state index contributed by atoms with van der Waals surface area (Å²) in [5.41, 5.74) is 1.39. The molecule has 1 saturated heterocycles. The number of methoxy groups -OCH3 is 1. The molecule has 2 atom stereocenters. The molecule has 4 nitrogen and oxygen atoms in total. The molecule has 0 aromatic heterocycles. The summed E-state index contributed by atoms with van der Waals surface area (Å²) in [4.78, 5) is 0. The summed E-state index contributed by atoms with van der Waals surface area (Å²) in [6.45, 7) is 13.2. The van der Waals surface area contributed by atoms with Gasteiger partial charge in [0.15, 0.2) is 0 Å². The highest BCUT2D eigenvalue weighted by atomic mass is 28.5. The Labute approximate surface area is 116 Å². The highest BCUT2D eigenvalue weighted by Gasteiger charge is 2.51. The average molecular weight is 309 g/mol. The Morgan fingerprint density at radius 1 is 0.944 bits per heavy atom. The molecule has 0 saturated carbocycles. The summed E-state index contributed by atoms with van der Waals surface area (Å²) in [7, 11) is -3.72. The van der Waals surface area contributed by atoms with Crippen LogP contribution < -0.4 is 0 Å². The first-order valence-electron chi connectivity index (χ1n) is 6.82. The monoisotopic (exact) mass is 308 g/mol. The topological polar surface area (TPSA) is 36.9 Å². The molecule has 7 heteroatoms. The minimum absolute atomic E-state index is 0.406. The van der Waals surface area contributed by atoms with E-state index in [0.717, 1.165) is 0 Å². The summed E-state index contributed by atoms with van der Waals surface area (Å²) < 4.78 is 24.3. The van der Waals surface area contributed by atoms with E-state index in [9.17, 15) is 0 Å². The van der Waals surface area contributed by atoms with E-state index in [0.29, 0.717) is 22.9 Å². The van der Waals surface area contributed by atoms with Gasteiger partial charge in [-0.1, -0.05) is 41.5 Å². The van der Waals surface area contributed by atoms with Gasteiger partial charge in [0.1, 0.15) is 0 Å². The van der Waals surface area contributed by atoms with Crippen LogP contribution >= 0.6 is 0 Å². The minimum Gasteiger partial charge on any atom is -0.420 e. The second-order valence-electron chi connectivity index (χ2n) is 6.00. The SMILES string of the molecule is COC[Si]1(C(C)C)O[SiH](C(C)C)O[SiH](C(C)C)O1. The van der Waals surface area contributed by atoms with Gasteiger partial charge in [0.25, 0.3) is 0 Å². The van der Waals surface area contributed by atoms with Crippen molar-refractivity contribution in [3.63, 3.8) is 0 Å². The van der Waals surface area contributed by atoms with Gasteiger partial charge in [0, 0.05) is 7.11 Å². The predicted octanol–water partition coefficient (Wildman–Crippen LogP) is 2.35. The van der Waals surface area contributed by atoms with Gasteiger partial charge in [0.2, 0.25) is 0 Å². The van der Waals surface area contributed by atoms with Crippen LogP contribution in [0.3, 0.4) is 0 Å². The third-order valence-electron chi connectivity index (χ3n) is 3.21. The van der Waals surface area contributed by atoms with Crippen LogP contribution in [0.5, 0.6) is 0 Å². The average Bonchev–Trinajstić information content (AvgIpc) is 2.28. The van der Waals surface area contributed by atoms with Crippen LogP contribution in [0.15, 0.2) is 0 Å². The molecule has 1 aliphatic rings. The molecular weight excluding hydrogens is 280 g/mol. The lowest BCUT2D eigenvalue weighted by Gasteiger charge is -2.46. The standard InChI is InChI=1S/C11H28O4Si3/c1-9(2)16-13-17(10(3)4)15-18(14-16,8-12-7)11(5)6/h9-11,16-17H,8H2,1-7H3. The zero-order chi connectivity index (χ0) is 13.9. The number of hydrogen-bond acceptors (Lipinski definition) is 4. The van der Waals surface area contributed by atoms with Gasteiger partial charge in [-0.3, -0.25) is 0 Å². The van der Waals surface area contributed by atoms with Gasteiger partial charge in [0.05, 0.1) is 6.23 Å². The minimum atomic E-state index is -2.24. The lowest BCUT2D eigenvalue weighted by atomic mass is 10.6. The van der Waals surface area contributed by atoms with Crippen molar-refractivity contribution in [1.82, 2.24) is 0 Å². The van der Waals surface area contributed by atoms with Crippen LogP contribution in [0.1, 0.15) is 41.5 Å². The molecule has 18 heavy (non-hydrogen) atoms. The van der Waals surface area contributed by atoms with Gasteiger partial charge < -0.3 is 17.1 Å². The summed E-state index contributed by atoms with van der Waals surface area (Å²) in [6, 6.07) is 0. The fourth-order valence-electron chi connectivity index (χ4n) is 1.90. The van der Waals surface area contributed by atoms with Crippen molar-refractivity contribution in [2.24, 2.45) is 0 Å². The van der Waals surface area contributed by atoms with Crippen molar-refractivity contribution in [2.75, 3.05) is 13.3 Å². The molecule has 0 radical (unpaired) electrons. The molecular formula is C11H28O4Si3. The predicted molar refractivity (Wildman–Crippen MR) is 80.5 cm³/mol. The van der Waals surface area contributed by atoms with Crippen molar-refractivity contribution in [1.29, 1.82) is 0 Å². The maximum Gasteiger partial charge on any atom is 0.349 e. The summed E-state index contributed by atoms with van der Waals surface area (Å²) >= 11 is 0. The Bertz CT molecular complexity index is 245. The van der Waals surface area contributed by atoms with E-state index < -0.39 is 27.1 Å². The molecule has 1 fully saturated rings. The second kappa shape index (κ2) is 6.78. The molecule has 0 aliphatic carbocycles. The summed E-state index contributed by atoms with van der Waals surface area (Å²) in [6.07, 6.45) is 0.625. The van der Waals surface area contributed by atoms with E-state index in [-0.39, 0.29) is 0 Å².